The van der Waals surface area contributed by atoms with Gasteiger partial charge in [0.2, 0.25) is 0 Å². The number of fused-ring (bicyclic) bond motifs is 12. The lowest BCUT2D eigenvalue weighted by Gasteiger charge is -2.49. The summed E-state index contributed by atoms with van der Waals surface area (Å²) >= 11 is 0. The van der Waals surface area contributed by atoms with Gasteiger partial charge in [-0.05, 0) is 191 Å². The highest BCUT2D eigenvalue weighted by Gasteiger charge is 2.64. The van der Waals surface area contributed by atoms with Gasteiger partial charge in [-0.1, -0.05) is 113 Å². The molecule has 12 aliphatic rings. The van der Waals surface area contributed by atoms with Gasteiger partial charge >= 0.3 is 6.09 Å². The number of carbonyl (C=O) groups is 2. The van der Waals surface area contributed by atoms with Crippen LogP contribution in [0.1, 0.15) is 171 Å². The zero-order valence-corrected chi connectivity index (χ0v) is 44.6. The van der Waals surface area contributed by atoms with Crippen LogP contribution in [0.25, 0.3) is 0 Å². The molecule has 0 unspecified atom stereocenters. The van der Waals surface area contributed by atoms with E-state index in [-0.39, 0.29) is 40.8 Å². The Morgan fingerprint density at radius 1 is 0.729 bits per heavy atom. The van der Waals surface area contributed by atoms with Gasteiger partial charge in [-0.2, -0.15) is 0 Å². The highest BCUT2D eigenvalue weighted by Crippen LogP contribution is 2.67. The zero-order valence-electron chi connectivity index (χ0n) is 44.6. The first-order chi connectivity index (χ1) is 33.5. The molecule has 2 spiro atoms. The number of amides is 1. The first-order valence-electron chi connectivity index (χ1n) is 28.9. The average molecular weight is 953 g/mol. The van der Waals surface area contributed by atoms with Crippen LogP contribution in [0.15, 0.2) is 75.9 Å². The predicted octanol–water partition coefficient (Wildman–Crippen LogP) is 13.5. The number of nitrogens with zero attached hydrogens (tertiary/aromatic N) is 1. The summed E-state index contributed by atoms with van der Waals surface area (Å²) in [5.41, 5.74) is 11.2. The highest BCUT2D eigenvalue weighted by atomic mass is 16.6. The minimum absolute atomic E-state index is 0.0363. The summed E-state index contributed by atoms with van der Waals surface area (Å²) in [4.78, 5) is 27.7. The van der Waals surface area contributed by atoms with E-state index < -0.39 is 0 Å². The maximum Gasteiger partial charge on any atom is 0.410 e. The molecule has 19 atom stereocenters. The smallest absolute Gasteiger partial charge is 0.410 e. The molecule has 7 heteroatoms. The van der Waals surface area contributed by atoms with E-state index in [4.69, 9.17) is 14.2 Å². The number of carbonyl (C=O) groups excluding carboxylic acids is 2. The second-order valence-corrected chi connectivity index (χ2v) is 26.8. The van der Waals surface area contributed by atoms with Crippen LogP contribution in [0.5, 0.6) is 0 Å². The van der Waals surface area contributed by atoms with E-state index in [1.54, 1.807) is 22.3 Å². The molecule has 8 fully saturated rings. The molecule has 0 aromatic heterocycles. The second-order valence-electron chi connectivity index (χ2n) is 26.8. The number of rotatable bonds is 2. The van der Waals surface area contributed by atoms with Gasteiger partial charge < -0.3 is 24.4 Å². The number of ketones is 1. The molecule has 1 N–H and O–H groups in total. The van der Waals surface area contributed by atoms with Crippen molar-refractivity contribution in [1.29, 1.82) is 0 Å². The number of allylic oxidation sites excluding steroid dienone is 6. The number of Topliss-reactive ketones (excluding diaryl/α,β-unsaturated/α-hetero) is 1. The molecule has 0 bridgehead atoms. The Balaban J connectivity index is 0.000000150. The highest BCUT2D eigenvalue weighted by molar-refractivity contribution is 5.82. The van der Waals surface area contributed by atoms with Gasteiger partial charge in [0.05, 0.1) is 29.5 Å². The van der Waals surface area contributed by atoms with Gasteiger partial charge in [-0.25, -0.2) is 4.79 Å². The summed E-state index contributed by atoms with van der Waals surface area (Å²) in [6.07, 6.45) is 24.1. The van der Waals surface area contributed by atoms with E-state index in [9.17, 15) is 9.59 Å². The van der Waals surface area contributed by atoms with Crippen LogP contribution in [0.2, 0.25) is 0 Å². The summed E-state index contributed by atoms with van der Waals surface area (Å²) in [6, 6.07) is 10.6. The van der Waals surface area contributed by atoms with Crippen LogP contribution < -0.4 is 5.32 Å². The summed E-state index contributed by atoms with van der Waals surface area (Å²) in [5, 5.41) is 3.84. The van der Waals surface area contributed by atoms with Gasteiger partial charge in [0.25, 0.3) is 0 Å². The fourth-order valence-corrected chi connectivity index (χ4v) is 19.5. The van der Waals surface area contributed by atoms with Crippen molar-refractivity contribution in [3.63, 3.8) is 0 Å². The molecule has 4 aliphatic heterocycles. The molecule has 70 heavy (non-hydrogen) atoms. The fraction of sp³-hybridized carbons (Fsp3) is 0.746. The number of benzene rings is 1. The molecule has 7 nitrogen and oxygen atoms in total. The Hall–Kier alpha value is -3.00. The molecule has 0 radical (unpaired) electrons. The Bertz CT molecular complexity index is 2380. The van der Waals surface area contributed by atoms with E-state index in [2.05, 4.69) is 79.8 Å². The maximum absolute atomic E-state index is 13.5. The van der Waals surface area contributed by atoms with Crippen molar-refractivity contribution in [1.82, 2.24) is 10.2 Å². The van der Waals surface area contributed by atoms with E-state index in [0.717, 1.165) is 86.3 Å². The summed E-state index contributed by atoms with van der Waals surface area (Å²) in [5.74, 6) is 7.81. The minimum atomic E-state index is -0.241. The van der Waals surface area contributed by atoms with Crippen LogP contribution in [-0.4, -0.2) is 65.4 Å². The number of ether oxygens (including phenoxy) is 3. The molecule has 4 saturated heterocycles. The van der Waals surface area contributed by atoms with E-state index in [1.165, 1.54) is 81.8 Å². The molecule has 13 rings (SSSR count). The molecule has 380 valence electrons. The van der Waals surface area contributed by atoms with Crippen molar-refractivity contribution < 1.29 is 23.8 Å². The zero-order chi connectivity index (χ0) is 48.6. The number of hydrogen-bond acceptors (Lipinski definition) is 6. The van der Waals surface area contributed by atoms with Crippen LogP contribution >= 0.6 is 0 Å². The largest absolute Gasteiger partial charge is 0.445 e. The topological polar surface area (TPSA) is 77.1 Å². The number of likely N-dealkylation sites (tertiary alicyclic amines) is 1. The predicted molar refractivity (Wildman–Crippen MR) is 278 cm³/mol. The summed E-state index contributed by atoms with van der Waals surface area (Å²) < 4.78 is 20.1. The van der Waals surface area contributed by atoms with Crippen molar-refractivity contribution in [3.8, 4) is 0 Å². The lowest BCUT2D eigenvalue weighted by Crippen LogP contribution is -2.54. The monoisotopic (exact) mass is 953 g/mol. The third kappa shape index (κ3) is 7.30. The standard InChI is InChI=1S/C36H49NO3.C27H39NO2/c1-22-13-15-35(5)27(17-22)11-12-29-28-14-16-36(24(3)30(28)19-31(29)35)25(4)33-32(40-36)18-23(2)20-37(33)34(38)39-21-26-9-7-6-8-10-26;1-15-11-24-25(28-14-15)17(3)27(30-24)10-8-20-21-6-5-18-12-19(29)7-9-26(18,4)23(21)13-22(20)16(27)2/h6-11,22-23,25,28-29,31-33H,12-21H2,1-5H3;5,15,17,20-21,23-25,28H,6-14H2,1-4H3/t22-,23-,25+,28-,29-,31-,32+,33-,35-,36-;15-,17+,20-,21-,23-,24+,25-,26-,27-/m00/s1. The third-order valence-corrected chi connectivity index (χ3v) is 23.4. The summed E-state index contributed by atoms with van der Waals surface area (Å²) in [6.45, 7) is 24.0. The van der Waals surface area contributed by atoms with Crippen molar-refractivity contribution in [2.24, 2.45) is 75.9 Å². The van der Waals surface area contributed by atoms with E-state index in [0.29, 0.717) is 53.6 Å². The van der Waals surface area contributed by atoms with Gasteiger partial charge in [-0.3, -0.25) is 4.79 Å². The Kier molecular flexibility index (Phi) is 12.0. The number of nitrogens with one attached hydrogen (secondary N) is 1. The molecular formula is C63H88N2O5. The van der Waals surface area contributed by atoms with Crippen LogP contribution in [0, 0.1) is 75.9 Å². The minimum Gasteiger partial charge on any atom is -0.445 e. The van der Waals surface area contributed by atoms with Gasteiger partial charge in [-0.15, -0.1) is 0 Å². The molecule has 1 aromatic rings. The van der Waals surface area contributed by atoms with Crippen LogP contribution in [-0.2, 0) is 25.6 Å². The number of hydrogen-bond donors (Lipinski definition) is 1. The van der Waals surface area contributed by atoms with Gasteiger partial charge in [0.1, 0.15) is 12.4 Å². The van der Waals surface area contributed by atoms with Gasteiger partial charge in [0.15, 0.2) is 0 Å². The van der Waals surface area contributed by atoms with Crippen molar-refractivity contribution in [3.05, 3.63) is 81.5 Å². The molecule has 4 heterocycles. The molecular weight excluding hydrogens is 865 g/mol. The molecule has 4 saturated carbocycles. The van der Waals surface area contributed by atoms with Crippen molar-refractivity contribution >= 4 is 11.9 Å². The first kappa shape index (κ1) is 48.0. The second kappa shape index (κ2) is 17.6. The third-order valence-electron chi connectivity index (χ3n) is 23.4. The van der Waals surface area contributed by atoms with Crippen LogP contribution in [0.4, 0.5) is 4.79 Å². The van der Waals surface area contributed by atoms with Gasteiger partial charge in [0, 0.05) is 37.3 Å². The SMILES string of the molecule is CC1=C2C[C@H]3[C@@H](CC=C4CC(=O)CC[C@@]43C)[C@@H]2CC[C@]12O[C@@H]1C[C@H](C)CN[C@H]1[C@H]2C.CC1=C2C[C@H]3[C@@H](CC=C4C[C@@H](C)CC[C@@]43C)[C@@H]2CC[C@]12O[C@@H]1C[C@H](C)CN(C(=O)OCc3ccccc3)[C@H]1[C@H]2C. The average Bonchev–Trinajstić information content (AvgIpc) is 4.08. The first-order valence-corrected chi connectivity index (χ1v) is 28.9. The fourth-order valence-electron chi connectivity index (χ4n) is 19.5. The Labute approximate surface area is 421 Å². The van der Waals surface area contributed by atoms with E-state index >= 15 is 0 Å². The van der Waals surface area contributed by atoms with Crippen molar-refractivity contribution in [2.45, 2.75) is 207 Å². The quantitative estimate of drug-likeness (QED) is 0.298. The molecule has 1 aromatic carbocycles. The Morgan fingerprint density at radius 3 is 2.03 bits per heavy atom. The van der Waals surface area contributed by atoms with E-state index in [1.807, 2.05) is 35.2 Å². The van der Waals surface area contributed by atoms with Crippen molar-refractivity contribution in [2.75, 3.05) is 13.1 Å². The lowest BCUT2D eigenvalue weighted by molar-refractivity contribution is -0.121. The lowest BCUT2D eigenvalue weighted by atomic mass is 9.55. The molecule has 1 amide bonds. The molecule has 8 aliphatic carbocycles. The summed E-state index contributed by atoms with van der Waals surface area (Å²) in [7, 11) is 0. The Morgan fingerprint density at radius 2 is 1.34 bits per heavy atom. The number of piperidine rings is 2. The maximum atomic E-state index is 13.5. The van der Waals surface area contributed by atoms with Crippen LogP contribution in [0.3, 0.4) is 0 Å². The normalized spacial score (nSPS) is 47.7.